The Morgan fingerprint density at radius 3 is 3.05 bits per heavy atom. The summed E-state index contributed by atoms with van der Waals surface area (Å²) in [6.07, 6.45) is 3.22. The average Bonchev–Trinajstić information content (AvgIpc) is 2.97. The molecule has 1 saturated heterocycles. The molecule has 0 bridgehead atoms. The minimum absolute atomic E-state index is 0.150. The molecule has 2 heterocycles. The van der Waals surface area contributed by atoms with Crippen LogP contribution >= 0.6 is 11.3 Å². The second kappa shape index (κ2) is 7.01. The Bertz CT molecular complexity index is 452. The predicted molar refractivity (Wildman–Crippen MR) is 77.4 cm³/mol. The van der Waals surface area contributed by atoms with E-state index in [0.29, 0.717) is 18.2 Å². The number of ether oxygens (including phenoxy) is 2. The summed E-state index contributed by atoms with van der Waals surface area (Å²) in [5.74, 6) is -0.150. The molecule has 2 atom stereocenters. The van der Waals surface area contributed by atoms with Crippen molar-refractivity contribution in [1.82, 2.24) is 9.88 Å². The van der Waals surface area contributed by atoms with Crippen molar-refractivity contribution >= 4 is 22.4 Å². The van der Waals surface area contributed by atoms with Crippen LogP contribution in [0, 0.1) is 0 Å². The van der Waals surface area contributed by atoms with Crippen LogP contribution in [-0.2, 0) is 20.8 Å². The third-order valence-electron chi connectivity index (χ3n) is 3.46. The zero-order chi connectivity index (χ0) is 14.5. The highest BCUT2D eigenvalue weighted by Crippen LogP contribution is 2.27. The molecule has 0 spiro atoms. The number of rotatable bonds is 6. The highest BCUT2D eigenvalue weighted by atomic mass is 32.1. The average molecular weight is 299 g/mol. The highest BCUT2D eigenvalue weighted by molar-refractivity contribution is 7.15. The lowest BCUT2D eigenvalue weighted by Crippen LogP contribution is -2.31. The van der Waals surface area contributed by atoms with E-state index < -0.39 is 0 Å². The van der Waals surface area contributed by atoms with Gasteiger partial charge in [0, 0.05) is 37.3 Å². The summed E-state index contributed by atoms with van der Waals surface area (Å²) in [6, 6.07) is 0.155. The van der Waals surface area contributed by atoms with Crippen LogP contribution in [0.15, 0.2) is 6.20 Å². The fourth-order valence-electron chi connectivity index (χ4n) is 2.52. The lowest BCUT2D eigenvalue weighted by Gasteiger charge is -2.22. The first kappa shape index (κ1) is 15.2. The SMILES string of the molecule is CCOC(=O)CC1CC(OC)CN1Cc1cnc(N)s1. The summed E-state index contributed by atoms with van der Waals surface area (Å²) in [5.41, 5.74) is 5.65. The van der Waals surface area contributed by atoms with Crippen molar-refractivity contribution in [2.45, 2.75) is 38.5 Å². The van der Waals surface area contributed by atoms with Gasteiger partial charge in [0.05, 0.1) is 19.1 Å². The first-order chi connectivity index (χ1) is 9.62. The number of anilines is 1. The molecular formula is C13H21N3O3S. The van der Waals surface area contributed by atoms with Gasteiger partial charge in [0.25, 0.3) is 0 Å². The Morgan fingerprint density at radius 1 is 1.65 bits per heavy atom. The summed E-state index contributed by atoms with van der Waals surface area (Å²) >= 11 is 1.48. The molecule has 1 aliphatic rings. The molecule has 2 N–H and O–H groups in total. The van der Waals surface area contributed by atoms with Gasteiger partial charge < -0.3 is 15.2 Å². The van der Waals surface area contributed by atoms with Gasteiger partial charge in [0.1, 0.15) is 0 Å². The van der Waals surface area contributed by atoms with Crippen LogP contribution in [0.2, 0.25) is 0 Å². The van der Waals surface area contributed by atoms with E-state index in [1.165, 1.54) is 11.3 Å². The number of hydrogen-bond acceptors (Lipinski definition) is 7. The molecule has 6 nitrogen and oxygen atoms in total. The monoisotopic (exact) mass is 299 g/mol. The van der Waals surface area contributed by atoms with Crippen molar-refractivity contribution < 1.29 is 14.3 Å². The number of methoxy groups -OCH3 is 1. The number of nitrogen functional groups attached to an aromatic ring is 1. The van der Waals surface area contributed by atoms with Crippen molar-refractivity contribution in [2.24, 2.45) is 0 Å². The lowest BCUT2D eigenvalue weighted by atomic mass is 10.1. The van der Waals surface area contributed by atoms with Crippen molar-refractivity contribution in [3.05, 3.63) is 11.1 Å². The van der Waals surface area contributed by atoms with Crippen LogP contribution in [0.25, 0.3) is 0 Å². The molecule has 0 aromatic carbocycles. The normalized spacial score (nSPS) is 23.1. The van der Waals surface area contributed by atoms with E-state index in [1.807, 2.05) is 6.92 Å². The molecule has 112 valence electrons. The van der Waals surface area contributed by atoms with Crippen LogP contribution in [-0.4, -0.2) is 48.3 Å². The number of carbonyl (C=O) groups excluding carboxylic acids is 1. The topological polar surface area (TPSA) is 77.7 Å². The number of nitrogens with zero attached hydrogens (tertiary/aromatic N) is 2. The third-order valence-corrected chi connectivity index (χ3v) is 4.27. The van der Waals surface area contributed by atoms with Gasteiger partial charge in [0.15, 0.2) is 5.13 Å². The van der Waals surface area contributed by atoms with E-state index in [-0.39, 0.29) is 18.1 Å². The Labute approximate surface area is 122 Å². The minimum Gasteiger partial charge on any atom is -0.466 e. The van der Waals surface area contributed by atoms with Gasteiger partial charge in [0.2, 0.25) is 0 Å². The van der Waals surface area contributed by atoms with E-state index >= 15 is 0 Å². The van der Waals surface area contributed by atoms with Crippen LogP contribution in [0.4, 0.5) is 5.13 Å². The molecule has 0 radical (unpaired) electrons. The number of aromatic nitrogens is 1. The molecule has 1 aromatic rings. The standard InChI is InChI=1S/C13H21N3O3S/c1-3-19-12(17)5-9-4-10(18-2)7-16(9)8-11-6-15-13(14)20-11/h6,9-10H,3-5,7-8H2,1-2H3,(H2,14,15). The maximum Gasteiger partial charge on any atom is 0.307 e. The molecular weight excluding hydrogens is 278 g/mol. The molecule has 0 saturated carbocycles. The van der Waals surface area contributed by atoms with E-state index in [9.17, 15) is 4.79 Å². The quantitative estimate of drug-likeness (QED) is 0.797. The maximum atomic E-state index is 11.7. The Balaban J connectivity index is 1.97. The minimum atomic E-state index is -0.150. The molecule has 7 heteroatoms. The number of hydrogen-bond donors (Lipinski definition) is 1. The molecule has 2 rings (SSSR count). The van der Waals surface area contributed by atoms with Crippen LogP contribution in [0.5, 0.6) is 0 Å². The summed E-state index contributed by atoms with van der Waals surface area (Å²) in [5, 5.41) is 0.574. The maximum absolute atomic E-state index is 11.7. The predicted octanol–water partition coefficient (Wildman–Crippen LogP) is 1.27. The second-order valence-electron chi connectivity index (χ2n) is 4.85. The molecule has 2 unspecified atom stereocenters. The summed E-state index contributed by atoms with van der Waals surface area (Å²) in [4.78, 5) is 19.1. The lowest BCUT2D eigenvalue weighted by molar-refractivity contribution is -0.144. The first-order valence-electron chi connectivity index (χ1n) is 6.75. The number of esters is 1. The number of likely N-dealkylation sites (tertiary alicyclic amines) is 1. The molecule has 1 aromatic heterocycles. The van der Waals surface area contributed by atoms with Crippen LogP contribution in [0.3, 0.4) is 0 Å². The first-order valence-corrected chi connectivity index (χ1v) is 7.56. The Kier molecular flexibility index (Phi) is 5.33. The molecule has 20 heavy (non-hydrogen) atoms. The number of thiazole rings is 1. The van der Waals surface area contributed by atoms with Gasteiger partial charge in [-0.3, -0.25) is 9.69 Å². The largest absolute Gasteiger partial charge is 0.466 e. The van der Waals surface area contributed by atoms with Crippen molar-refractivity contribution in [3.63, 3.8) is 0 Å². The van der Waals surface area contributed by atoms with Crippen LogP contribution in [0.1, 0.15) is 24.6 Å². The van der Waals surface area contributed by atoms with Gasteiger partial charge in [-0.25, -0.2) is 4.98 Å². The van der Waals surface area contributed by atoms with E-state index in [1.54, 1.807) is 13.3 Å². The van der Waals surface area contributed by atoms with Crippen LogP contribution < -0.4 is 5.73 Å². The molecule has 0 amide bonds. The van der Waals surface area contributed by atoms with Gasteiger partial charge >= 0.3 is 5.97 Å². The zero-order valence-corrected chi connectivity index (χ0v) is 12.7. The Morgan fingerprint density at radius 2 is 2.45 bits per heavy atom. The summed E-state index contributed by atoms with van der Waals surface area (Å²) in [6.45, 7) is 3.81. The van der Waals surface area contributed by atoms with Gasteiger partial charge in [-0.15, -0.1) is 11.3 Å². The molecule has 1 aliphatic heterocycles. The fourth-order valence-corrected chi connectivity index (χ4v) is 3.23. The second-order valence-corrected chi connectivity index (χ2v) is 6.00. The fraction of sp³-hybridized carbons (Fsp3) is 0.692. The third kappa shape index (κ3) is 3.91. The summed E-state index contributed by atoms with van der Waals surface area (Å²) < 4.78 is 10.5. The van der Waals surface area contributed by atoms with Crippen molar-refractivity contribution in [3.8, 4) is 0 Å². The Hall–Kier alpha value is -1.18. The van der Waals surface area contributed by atoms with Gasteiger partial charge in [-0.1, -0.05) is 0 Å². The van der Waals surface area contributed by atoms with Crippen molar-refractivity contribution in [2.75, 3.05) is 26.0 Å². The molecule has 0 aliphatic carbocycles. The van der Waals surface area contributed by atoms with Gasteiger partial charge in [-0.2, -0.15) is 0 Å². The zero-order valence-electron chi connectivity index (χ0n) is 11.9. The van der Waals surface area contributed by atoms with Gasteiger partial charge in [-0.05, 0) is 13.3 Å². The number of carbonyl (C=O) groups is 1. The van der Waals surface area contributed by atoms with Crippen molar-refractivity contribution in [1.29, 1.82) is 0 Å². The number of nitrogens with two attached hydrogens (primary N) is 1. The van der Waals surface area contributed by atoms with E-state index in [4.69, 9.17) is 15.2 Å². The van der Waals surface area contributed by atoms with E-state index in [2.05, 4.69) is 9.88 Å². The van der Waals surface area contributed by atoms with E-state index in [0.717, 1.165) is 24.4 Å². The smallest absolute Gasteiger partial charge is 0.307 e. The summed E-state index contributed by atoms with van der Waals surface area (Å²) in [7, 11) is 1.71. The molecule has 1 fully saturated rings. The highest BCUT2D eigenvalue weighted by Gasteiger charge is 2.34.